The van der Waals surface area contributed by atoms with Gasteiger partial charge in [-0.15, -0.1) is 0 Å². The van der Waals surface area contributed by atoms with Crippen molar-refractivity contribution in [2.45, 2.75) is 26.4 Å². The molecule has 17 heavy (non-hydrogen) atoms. The maximum atomic E-state index is 12.8. The summed E-state index contributed by atoms with van der Waals surface area (Å²) in [6.07, 6.45) is 0. The van der Waals surface area contributed by atoms with Crippen LogP contribution in [0.5, 0.6) is 0 Å². The van der Waals surface area contributed by atoms with Gasteiger partial charge in [-0.1, -0.05) is 19.9 Å². The minimum atomic E-state index is -0.997. The first-order valence-corrected chi connectivity index (χ1v) is 5.46. The SMILES string of the molecule is CC(C)C(C)(O)CNC(=O)c1cccc(F)n1. The fourth-order valence-electron chi connectivity index (χ4n) is 1.09. The van der Waals surface area contributed by atoms with Crippen LogP contribution in [-0.2, 0) is 0 Å². The number of hydrogen-bond acceptors (Lipinski definition) is 3. The van der Waals surface area contributed by atoms with Crippen LogP contribution in [-0.4, -0.2) is 28.1 Å². The number of amides is 1. The average molecular weight is 240 g/mol. The van der Waals surface area contributed by atoms with Gasteiger partial charge in [0.15, 0.2) is 0 Å². The zero-order valence-electron chi connectivity index (χ0n) is 10.2. The first kappa shape index (κ1) is 13.6. The fourth-order valence-corrected chi connectivity index (χ4v) is 1.09. The molecule has 5 heteroatoms. The van der Waals surface area contributed by atoms with Crippen LogP contribution in [0.2, 0.25) is 0 Å². The third-order valence-electron chi connectivity index (χ3n) is 2.80. The normalized spacial score (nSPS) is 14.5. The van der Waals surface area contributed by atoms with Crippen LogP contribution in [0.3, 0.4) is 0 Å². The number of aromatic nitrogens is 1. The van der Waals surface area contributed by atoms with Gasteiger partial charge in [0.05, 0.1) is 5.60 Å². The predicted octanol–water partition coefficient (Wildman–Crippen LogP) is 1.36. The molecule has 0 radical (unpaired) electrons. The summed E-state index contributed by atoms with van der Waals surface area (Å²) in [6.45, 7) is 5.44. The lowest BCUT2D eigenvalue weighted by Crippen LogP contribution is -2.44. The van der Waals surface area contributed by atoms with Gasteiger partial charge in [-0.2, -0.15) is 4.39 Å². The Balaban J connectivity index is 2.62. The Morgan fingerprint density at radius 2 is 2.24 bits per heavy atom. The van der Waals surface area contributed by atoms with Gasteiger partial charge >= 0.3 is 0 Å². The topological polar surface area (TPSA) is 62.2 Å². The Morgan fingerprint density at radius 3 is 2.76 bits per heavy atom. The monoisotopic (exact) mass is 240 g/mol. The minimum absolute atomic E-state index is 0.00303. The van der Waals surface area contributed by atoms with E-state index in [9.17, 15) is 14.3 Å². The molecule has 0 saturated heterocycles. The molecule has 0 saturated carbocycles. The number of rotatable bonds is 4. The molecule has 1 amide bonds. The van der Waals surface area contributed by atoms with Crippen molar-refractivity contribution in [2.24, 2.45) is 5.92 Å². The Hall–Kier alpha value is -1.49. The molecule has 0 bridgehead atoms. The number of carbonyl (C=O) groups is 1. The van der Waals surface area contributed by atoms with E-state index in [2.05, 4.69) is 10.3 Å². The first-order chi connectivity index (χ1) is 7.83. The highest BCUT2D eigenvalue weighted by Gasteiger charge is 2.25. The molecule has 0 spiro atoms. The number of hydrogen-bond donors (Lipinski definition) is 2. The van der Waals surface area contributed by atoms with Crippen molar-refractivity contribution in [1.82, 2.24) is 10.3 Å². The molecular weight excluding hydrogens is 223 g/mol. The summed E-state index contributed by atoms with van der Waals surface area (Å²) in [4.78, 5) is 15.1. The fraction of sp³-hybridized carbons (Fsp3) is 0.500. The first-order valence-electron chi connectivity index (χ1n) is 5.46. The maximum absolute atomic E-state index is 12.8. The minimum Gasteiger partial charge on any atom is -0.388 e. The highest BCUT2D eigenvalue weighted by Crippen LogP contribution is 2.14. The van der Waals surface area contributed by atoms with E-state index in [0.717, 1.165) is 0 Å². The summed E-state index contributed by atoms with van der Waals surface area (Å²) in [5.41, 5.74) is -0.993. The second-order valence-corrected chi connectivity index (χ2v) is 4.54. The van der Waals surface area contributed by atoms with Crippen LogP contribution in [0.4, 0.5) is 4.39 Å². The Labute approximate surface area is 99.9 Å². The molecule has 1 aromatic heterocycles. The smallest absolute Gasteiger partial charge is 0.270 e. The van der Waals surface area contributed by atoms with Gasteiger partial charge in [0.1, 0.15) is 5.69 Å². The quantitative estimate of drug-likeness (QED) is 0.781. The lowest BCUT2D eigenvalue weighted by molar-refractivity contribution is 0.0142. The number of nitrogens with one attached hydrogen (secondary N) is 1. The molecule has 0 fully saturated rings. The molecule has 2 N–H and O–H groups in total. The standard InChI is InChI=1S/C12H17FN2O2/c1-8(2)12(3,17)7-14-11(16)9-5-4-6-10(13)15-9/h4-6,8,17H,7H2,1-3H3,(H,14,16). The summed E-state index contributed by atoms with van der Waals surface area (Å²) in [6, 6.07) is 4.00. The lowest BCUT2D eigenvalue weighted by atomic mass is 9.92. The van der Waals surface area contributed by atoms with Crippen LogP contribution >= 0.6 is 0 Å². The molecule has 1 aromatic rings. The van der Waals surface area contributed by atoms with E-state index >= 15 is 0 Å². The van der Waals surface area contributed by atoms with E-state index < -0.39 is 17.5 Å². The van der Waals surface area contributed by atoms with Crippen LogP contribution in [0.1, 0.15) is 31.3 Å². The summed E-state index contributed by atoms with van der Waals surface area (Å²) in [7, 11) is 0. The third-order valence-corrected chi connectivity index (χ3v) is 2.80. The molecule has 1 unspecified atom stereocenters. The summed E-state index contributed by atoms with van der Waals surface area (Å²) in [5, 5.41) is 12.5. The highest BCUT2D eigenvalue weighted by molar-refractivity contribution is 5.92. The zero-order valence-corrected chi connectivity index (χ0v) is 10.2. The number of nitrogens with zero attached hydrogens (tertiary/aromatic N) is 1. The van der Waals surface area contributed by atoms with Gasteiger partial charge in [0.25, 0.3) is 5.91 Å². The van der Waals surface area contributed by atoms with Crippen molar-refractivity contribution in [3.63, 3.8) is 0 Å². The van der Waals surface area contributed by atoms with Crippen molar-refractivity contribution in [3.05, 3.63) is 29.8 Å². The molecule has 0 aliphatic heterocycles. The highest BCUT2D eigenvalue weighted by atomic mass is 19.1. The molecule has 94 valence electrons. The van der Waals surface area contributed by atoms with Crippen LogP contribution < -0.4 is 5.32 Å². The molecule has 0 aliphatic rings. The van der Waals surface area contributed by atoms with Crippen LogP contribution in [0.25, 0.3) is 0 Å². The largest absolute Gasteiger partial charge is 0.388 e. The summed E-state index contributed by atoms with van der Waals surface area (Å²) < 4.78 is 12.8. The van der Waals surface area contributed by atoms with Gasteiger partial charge in [-0.3, -0.25) is 4.79 Å². The van der Waals surface area contributed by atoms with Gasteiger partial charge in [-0.05, 0) is 25.0 Å². The van der Waals surface area contributed by atoms with Crippen molar-refractivity contribution in [2.75, 3.05) is 6.54 Å². The third kappa shape index (κ3) is 3.78. The zero-order chi connectivity index (χ0) is 13.1. The number of aliphatic hydroxyl groups is 1. The molecule has 0 aromatic carbocycles. The molecule has 4 nitrogen and oxygen atoms in total. The predicted molar refractivity (Wildman–Crippen MR) is 62.0 cm³/mol. The lowest BCUT2D eigenvalue weighted by Gasteiger charge is -2.27. The van der Waals surface area contributed by atoms with Crippen molar-refractivity contribution >= 4 is 5.91 Å². The summed E-state index contributed by atoms with van der Waals surface area (Å²) >= 11 is 0. The average Bonchev–Trinajstić information content (AvgIpc) is 2.25. The second-order valence-electron chi connectivity index (χ2n) is 4.54. The van der Waals surface area contributed by atoms with Crippen molar-refractivity contribution < 1.29 is 14.3 Å². The Bertz CT molecular complexity index is 405. The van der Waals surface area contributed by atoms with E-state index in [4.69, 9.17) is 0 Å². The van der Waals surface area contributed by atoms with Crippen molar-refractivity contribution in [1.29, 1.82) is 0 Å². The van der Waals surface area contributed by atoms with Gasteiger partial charge < -0.3 is 10.4 Å². The second kappa shape index (κ2) is 5.23. The summed E-state index contributed by atoms with van der Waals surface area (Å²) in [5.74, 6) is -1.19. The van der Waals surface area contributed by atoms with Gasteiger partial charge in [0, 0.05) is 6.54 Å². The molecular formula is C12H17FN2O2. The number of carbonyl (C=O) groups excluding carboxylic acids is 1. The number of halogens is 1. The van der Waals surface area contributed by atoms with Crippen molar-refractivity contribution in [3.8, 4) is 0 Å². The van der Waals surface area contributed by atoms with E-state index in [1.165, 1.54) is 18.2 Å². The Morgan fingerprint density at radius 1 is 1.59 bits per heavy atom. The van der Waals surface area contributed by atoms with E-state index in [0.29, 0.717) is 0 Å². The molecule has 1 atom stereocenters. The van der Waals surface area contributed by atoms with E-state index in [1.54, 1.807) is 6.92 Å². The van der Waals surface area contributed by atoms with Crippen LogP contribution in [0.15, 0.2) is 18.2 Å². The molecule has 1 rings (SSSR count). The molecule has 1 heterocycles. The number of pyridine rings is 1. The van der Waals surface area contributed by atoms with E-state index in [1.807, 2.05) is 13.8 Å². The maximum Gasteiger partial charge on any atom is 0.270 e. The van der Waals surface area contributed by atoms with Gasteiger partial charge in [0.2, 0.25) is 5.95 Å². The molecule has 0 aliphatic carbocycles. The van der Waals surface area contributed by atoms with E-state index in [-0.39, 0.29) is 18.2 Å². The van der Waals surface area contributed by atoms with Gasteiger partial charge in [-0.25, -0.2) is 4.98 Å². The van der Waals surface area contributed by atoms with Crippen LogP contribution in [0, 0.1) is 11.9 Å². The Kier molecular flexibility index (Phi) is 4.17.